The van der Waals surface area contributed by atoms with Gasteiger partial charge in [-0.05, 0) is 12.8 Å². The average molecular weight is 246 g/mol. The molecule has 0 aromatic rings. The average Bonchev–Trinajstić information content (AvgIpc) is 2.37. The summed E-state index contributed by atoms with van der Waals surface area (Å²) in [6.45, 7) is 6.66. The Labute approximate surface area is 104 Å². The number of nitrogens with zero attached hydrogens (tertiary/aromatic N) is 1. The van der Waals surface area contributed by atoms with Gasteiger partial charge in [-0.25, -0.2) is 0 Å². The standard InChI is InChI=1S/C12H26N2O3/c1-15-10-11-16-9-7-14-5-2-12(3-6-14)17-8-4-13/h12H,2-11,13H2,1H3. The van der Waals surface area contributed by atoms with Gasteiger partial charge in [-0.15, -0.1) is 0 Å². The van der Waals surface area contributed by atoms with E-state index in [-0.39, 0.29) is 0 Å². The minimum Gasteiger partial charge on any atom is -0.382 e. The molecule has 17 heavy (non-hydrogen) atoms. The third-order valence-electron chi connectivity index (χ3n) is 2.99. The monoisotopic (exact) mass is 246 g/mol. The van der Waals surface area contributed by atoms with E-state index in [1.165, 1.54) is 0 Å². The largest absolute Gasteiger partial charge is 0.382 e. The van der Waals surface area contributed by atoms with Gasteiger partial charge in [-0.3, -0.25) is 0 Å². The normalized spacial score (nSPS) is 18.7. The summed E-state index contributed by atoms with van der Waals surface area (Å²) in [5.74, 6) is 0. The molecule has 0 atom stereocenters. The molecule has 1 aliphatic heterocycles. The summed E-state index contributed by atoms with van der Waals surface area (Å²) in [4.78, 5) is 2.43. The molecular formula is C12H26N2O3. The Hall–Kier alpha value is -0.200. The van der Waals surface area contributed by atoms with Crippen molar-refractivity contribution in [2.24, 2.45) is 5.73 Å². The number of hydrogen-bond donors (Lipinski definition) is 1. The van der Waals surface area contributed by atoms with Crippen molar-refractivity contribution in [1.29, 1.82) is 0 Å². The lowest BCUT2D eigenvalue weighted by molar-refractivity contribution is 0.00144. The van der Waals surface area contributed by atoms with E-state index < -0.39 is 0 Å². The molecule has 0 radical (unpaired) electrons. The Morgan fingerprint density at radius 2 is 1.88 bits per heavy atom. The van der Waals surface area contributed by atoms with Crippen LogP contribution in [0.25, 0.3) is 0 Å². The van der Waals surface area contributed by atoms with Crippen LogP contribution in [0.2, 0.25) is 0 Å². The topological polar surface area (TPSA) is 57.0 Å². The van der Waals surface area contributed by atoms with Gasteiger partial charge in [0.15, 0.2) is 0 Å². The molecule has 1 saturated heterocycles. The lowest BCUT2D eigenvalue weighted by Crippen LogP contribution is -2.39. The summed E-state index contributed by atoms with van der Waals surface area (Å²) in [6.07, 6.45) is 2.63. The molecule has 0 aromatic heterocycles. The Kier molecular flexibility index (Phi) is 8.56. The lowest BCUT2D eigenvalue weighted by atomic mass is 10.1. The first kappa shape index (κ1) is 14.9. The van der Waals surface area contributed by atoms with Gasteiger partial charge >= 0.3 is 0 Å². The first-order valence-electron chi connectivity index (χ1n) is 6.47. The van der Waals surface area contributed by atoms with Crippen molar-refractivity contribution in [3.05, 3.63) is 0 Å². The first-order valence-corrected chi connectivity index (χ1v) is 6.47. The molecule has 0 bridgehead atoms. The van der Waals surface area contributed by atoms with Crippen molar-refractivity contribution in [2.75, 3.05) is 59.7 Å². The molecule has 5 nitrogen and oxygen atoms in total. The second-order valence-electron chi connectivity index (χ2n) is 4.31. The maximum Gasteiger partial charge on any atom is 0.0700 e. The van der Waals surface area contributed by atoms with Crippen LogP contribution in [0.5, 0.6) is 0 Å². The summed E-state index contributed by atoms with van der Waals surface area (Å²) in [7, 11) is 1.69. The molecule has 2 N–H and O–H groups in total. The quantitative estimate of drug-likeness (QED) is 0.584. The van der Waals surface area contributed by atoms with Crippen LogP contribution in [0.1, 0.15) is 12.8 Å². The zero-order valence-electron chi connectivity index (χ0n) is 10.9. The first-order chi connectivity index (χ1) is 8.36. The highest BCUT2D eigenvalue weighted by Gasteiger charge is 2.18. The number of methoxy groups -OCH3 is 1. The Balaban J connectivity index is 1.95. The predicted octanol–water partition coefficient (Wildman–Crippen LogP) is 0.0891. The van der Waals surface area contributed by atoms with E-state index in [1.54, 1.807) is 7.11 Å². The van der Waals surface area contributed by atoms with Crippen LogP contribution in [0.4, 0.5) is 0 Å². The molecule has 0 aromatic carbocycles. The summed E-state index contributed by atoms with van der Waals surface area (Å²) in [6, 6.07) is 0. The highest BCUT2D eigenvalue weighted by atomic mass is 16.5. The van der Waals surface area contributed by atoms with Crippen molar-refractivity contribution in [2.45, 2.75) is 18.9 Å². The lowest BCUT2D eigenvalue weighted by Gasteiger charge is -2.31. The van der Waals surface area contributed by atoms with Crippen LogP contribution in [0, 0.1) is 0 Å². The molecule has 0 aliphatic carbocycles. The van der Waals surface area contributed by atoms with E-state index >= 15 is 0 Å². The minimum absolute atomic E-state index is 0.407. The molecule has 1 aliphatic rings. The summed E-state index contributed by atoms with van der Waals surface area (Å²) >= 11 is 0. The fraction of sp³-hybridized carbons (Fsp3) is 1.00. The van der Waals surface area contributed by atoms with Crippen LogP contribution >= 0.6 is 0 Å². The van der Waals surface area contributed by atoms with Gasteiger partial charge in [0.2, 0.25) is 0 Å². The highest BCUT2D eigenvalue weighted by Crippen LogP contribution is 2.12. The van der Waals surface area contributed by atoms with Crippen molar-refractivity contribution in [3.63, 3.8) is 0 Å². The van der Waals surface area contributed by atoms with Crippen molar-refractivity contribution in [3.8, 4) is 0 Å². The van der Waals surface area contributed by atoms with Crippen LogP contribution in [-0.4, -0.2) is 70.7 Å². The van der Waals surface area contributed by atoms with E-state index in [0.717, 1.165) is 39.1 Å². The van der Waals surface area contributed by atoms with Gasteiger partial charge < -0.3 is 24.8 Å². The Bertz CT molecular complexity index is 170. The minimum atomic E-state index is 0.407. The van der Waals surface area contributed by atoms with Gasteiger partial charge in [-0.2, -0.15) is 0 Å². The van der Waals surface area contributed by atoms with E-state index in [9.17, 15) is 0 Å². The van der Waals surface area contributed by atoms with Crippen LogP contribution in [0.3, 0.4) is 0 Å². The van der Waals surface area contributed by atoms with E-state index in [4.69, 9.17) is 19.9 Å². The van der Waals surface area contributed by atoms with Gasteiger partial charge in [0.1, 0.15) is 0 Å². The van der Waals surface area contributed by atoms with Crippen molar-refractivity contribution in [1.82, 2.24) is 4.90 Å². The van der Waals surface area contributed by atoms with Crippen LogP contribution < -0.4 is 5.73 Å². The van der Waals surface area contributed by atoms with Crippen molar-refractivity contribution >= 4 is 0 Å². The number of hydrogen-bond acceptors (Lipinski definition) is 5. The van der Waals surface area contributed by atoms with Crippen LogP contribution in [0.15, 0.2) is 0 Å². The second-order valence-corrected chi connectivity index (χ2v) is 4.31. The molecule has 0 saturated carbocycles. The van der Waals surface area contributed by atoms with Crippen molar-refractivity contribution < 1.29 is 14.2 Å². The fourth-order valence-electron chi connectivity index (χ4n) is 1.97. The van der Waals surface area contributed by atoms with Crippen LogP contribution in [-0.2, 0) is 14.2 Å². The molecule has 1 heterocycles. The molecule has 0 unspecified atom stereocenters. The number of piperidine rings is 1. The number of nitrogens with two attached hydrogens (primary N) is 1. The molecule has 1 fully saturated rings. The maximum atomic E-state index is 5.64. The predicted molar refractivity (Wildman–Crippen MR) is 67.2 cm³/mol. The van der Waals surface area contributed by atoms with E-state index in [0.29, 0.717) is 32.5 Å². The van der Waals surface area contributed by atoms with Gasteiger partial charge in [0, 0.05) is 33.3 Å². The van der Waals surface area contributed by atoms with Gasteiger partial charge in [-0.1, -0.05) is 0 Å². The second kappa shape index (κ2) is 9.79. The van der Waals surface area contributed by atoms with Gasteiger partial charge in [0.25, 0.3) is 0 Å². The summed E-state index contributed by atoms with van der Waals surface area (Å²) < 4.78 is 16.0. The fourth-order valence-corrected chi connectivity index (χ4v) is 1.97. The molecule has 0 spiro atoms. The zero-order chi connectivity index (χ0) is 12.3. The number of rotatable bonds is 9. The maximum absolute atomic E-state index is 5.64. The highest BCUT2D eigenvalue weighted by molar-refractivity contribution is 4.72. The smallest absolute Gasteiger partial charge is 0.0700 e. The third kappa shape index (κ3) is 6.95. The molecule has 5 heteroatoms. The van der Waals surface area contributed by atoms with E-state index in [2.05, 4.69) is 4.90 Å². The Morgan fingerprint density at radius 1 is 1.12 bits per heavy atom. The number of ether oxygens (including phenoxy) is 3. The molecule has 1 rings (SSSR count). The molecule has 102 valence electrons. The Morgan fingerprint density at radius 3 is 2.53 bits per heavy atom. The molecule has 0 amide bonds. The third-order valence-corrected chi connectivity index (χ3v) is 2.99. The molecular weight excluding hydrogens is 220 g/mol. The zero-order valence-corrected chi connectivity index (χ0v) is 10.9. The SMILES string of the molecule is COCCOCCN1CCC(OCCN)CC1. The number of likely N-dealkylation sites (tertiary alicyclic amines) is 1. The summed E-state index contributed by atoms with van der Waals surface area (Å²) in [5, 5.41) is 0. The van der Waals surface area contributed by atoms with E-state index in [1.807, 2.05) is 0 Å². The summed E-state index contributed by atoms with van der Waals surface area (Å²) in [5.41, 5.74) is 5.42. The van der Waals surface area contributed by atoms with Gasteiger partial charge in [0.05, 0.1) is 32.5 Å².